The fourth-order valence-electron chi connectivity index (χ4n) is 2.62. The number of nitrogens with zero attached hydrogens (tertiary/aromatic N) is 1. The Morgan fingerprint density at radius 1 is 1.19 bits per heavy atom. The summed E-state index contributed by atoms with van der Waals surface area (Å²) in [5.41, 5.74) is 1.09. The van der Waals surface area contributed by atoms with Crippen LogP contribution < -0.4 is 4.74 Å². The molecule has 0 fully saturated rings. The van der Waals surface area contributed by atoms with Gasteiger partial charge in [0.05, 0.1) is 19.3 Å². The van der Waals surface area contributed by atoms with E-state index in [-0.39, 0.29) is 0 Å². The van der Waals surface area contributed by atoms with Crippen LogP contribution >= 0.6 is 0 Å². The molecule has 142 valence electrons. The first-order chi connectivity index (χ1) is 12.4. The van der Waals surface area contributed by atoms with Crippen molar-refractivity contribution in [2.24, 2.45) is 0 Å². The van der Waals surface area contributed by atoms with Crippen LogP contribution in [0.15, 0.2) is 46.5 Å². The van der Waals surface area contributed by atoms with Gasteiger partial charge in [-0.15, -0.1) is 0 Å². The molecule has 0 bridgehead atoms. The molecule has 0 aliphatic rings. The normalized spacial score (nSPS) is 11.8. The van der Waals surface area contributed by atoms with Crippen molar-refractivity contribution >= 4 is 15.9 Å². The van der Waals surface area contributed by atoms with Crippen LogP contribution in [-0.4, -0.2) is 48.9 Å². The average molecular weight is 379 g/mol. The number of pyridine rings is 1. The van der Waals surface area contributed by atoms with Crippen LogP contribution in [0.3, 0.4) is 0 Å². The zero-order chi connectivity index (χ0) is 19.2. The Morgan fingerprint density at radius 2 is 1.96 bits per heavy atom. The van der Waals surface area contributed by atoms with Gasteiger partial charge in [-0.05, 0) is 47.4 Å². The van der Waals surface area contributed by atoms with E-state index in [9.17, 15) is 9.00 Å². The Labute approximate surface area is 154 Å². The van der Waals surface area contributed by atoms with Crippen molar-refractivity contribution in [3.8, 4) is 5.75 Å². The van der Waals surface area contributed by atoms with Crippen LogP contribution in [0.5, 0.6) is 5.75 Å². The first-order valence-corrected chi connectivity index (χ1v) is 10.4. The largest absolute Gasteiger partial charge is 0.493 e. The number of ether oxygens (including phenoxy) is 3. The number of esters is 1. The average Bonchev–Trinajstić information content (AvgIpc) is 2.65. The molecule has 0 aliphatic carbocycles. The van der Waals surface area contributed by atoms with Crippen molar-refractivity contribution in [3.05, 3.63) is 47.7 Å². The topological polar surface area (TPSA) is 74.7 Å². The molecule has 7 heteroatoms. The van der Waals surface area contributed by atoms with Crippen LogP contribution in [0, 0.1) is 6.92 Å². The van der Waals surface area contributed by atoms with Crippen molar-refractivity contribution in [1.29, 1.82) is 0 Å². The van der Waals surface area contributed by atoms with E-state index in [1.165, 1.54) is 7.11 Å². The third kappa shape index (κ3) is 4.47. The van der Waals surface area contributed by atoms with Crippen molar-refractivity contribution in [2.75, 3.05) is 33.7 Å². The quantitative estimate of drug-likeness (QED) is 0.432. The monoisotopic (exact) mass is 379 g/mol. The molecule has 0 aliphatic heterocycles. The second-order valence-electron chi connectivity index (χ2n) is 5.92. The van der Waals surface area contributed by atoms with Crippen LogP contribution in [0.1, 0.15) is 22.3 Å². The van der Waals surface area contributed by atoms with Crippen LogP contribution in [0.2, 0.25) is 0 Å². The van der Waals surface area contributed by atoms with Gasteiger partial charge in [0.15, 0.2) is 0 Å². The molecule has 0 amide bonds. The predicted octanol–water partition coefficient (Wildman–Crippen LogP) is 2.66. The molecular formula is C19H25NO5S. The Morgan fingerprint density at radius 3 is 2.65 bits per heavy atom. The van der Waals surface area contributed by atoms with E-state index in [2.05, 4.69) is 4.98 Å². The summed E-state index contributed by atoms with van der Waals surface area (Å²) in [4.78, 5) is 16.7. The van der Waals surface area contributed by atoms with Gasteiger partial charge in [-0.25, -0.2) is 9.78 Å². The summed E-state index contributed by atoms with van der Waals surface area (Å²) in [5, 5.41) is 0.476. The van der Waals surface area contributed by atoms with E-state index in [0.717, 1.165) is 12.0 Å². The molecule has 1 heterocycles. The summed E-state index contributed by atoms with van der Waals surface area (Å²) in [6.45, 7) is 2.96. The summed E-state index contributed by atoms with van der Waals surface area (Å²) in [7, 11) is -0.0468. The maximum absolute atomic E-state index is 13.5. The number of methoxy groups -OCH3 is 2. The van der Waals surface area contributed by atoms with E-state index in [1.54, 1.807) is 49.9 Å². The second-order valence-corrected chi connectivity index (χ2v) is 8.71. The first kappa shape index (κ1) is 20.1. The predicted molar refractivity (Wildman–Crippen MR) is 101 cm³/mol. The Hall–Kier alpha value is -2.25. The van der Waals surface area contributed by atoms with Gasteiger partial charge in [-0.2, -0.15) is 0 Å². The van der Waals surface area contributed by atoms with Gasteiger partial charge in [-0.1, -0.05) is 6.07 Å². The second kappa shape index (κ2) is 8.91. The zero-order valence-electron chi connectivity index (χ0n) is 15.5. The third-order valence-electron chi connectivity index (χ3n) is 4.04. The zero-order valence-corrected chi connectivity index (χ0v) is 16.4. The molecule has 6 nitrogen and oxygen atoms in total. The van der Waals surface area contributed by atoms with Crippen LogP contribution in [0.4, 0.5) is 0 Å². The highest BCUT2D eigenvalue weighted by Crippen LogP contribution is 2.31. The molecule has 0 radical (unpaired) electrons. The van der Waals surface area contributed by atoms with Gasteiger partial charge < -0.3 is 14.2 Å². The van der Waals surface area contributed by atoms with Gasteiger partial charge in [0, 0.05) is 36.8 Å². The number of hydrogen-bond donors (Lipinski definition) is 1. The molecule has 2 aromatic rings. The first-order valence-electron chi connectivity index (χ1n) is 8.26. The van der Waals surface area contributed by atoms with Gasteiger partial charge in [0.25, 0.3) is 0 Å². The van der Waals surface area contributed by atoms with E-state index in [0.29, 0.717) is 34.4 Å². The van der Waals surface area contributed by atoms with Gasteiger partial charge >= 0.3 is 5.97 Å². The minimum Gasteiger partial charge on any atom is -0.493 e. The number of rotatable bonds is 8. The number of carbonyl (C=O) groups excluding carboxylic acids is 1. The van der Waals surface area contributed by atoms with Crippen molar-refractivity contribution in [2.45, 2.75) is 23.3 Å². The minimum atomic E-state index is -3.01. The van der Waals surface area contributed by atoms with Crippen LogP contribution in [-0.2, 0) is 19.4 Å². The lowest BCUT2D eigenvalue weighted by molar-refractivity contribution is 0.0600. The molecule has 2 rings (SSSR count). The molecule has 0 spiro atoms. The molecule has 26 heavy (non-hydrogen) atoms. The molecule has 1 aromatic heterocycles. The number of carbonyl (C=O) groups is 1. The summed E-state index contributed by atoms with van der Waals surface area (Å²) >= 11 is 0. The fraction of sp³-hybridized carbons (Fsp3) is 0.368. The number of benzene rings is 1. The smallest absolute Gasteiger partial charge is 0.337 e. The van der Waals surface area contributed by atoms with E-state index in [4.69, 9.17) is 14.2 Å². The summed E-state index contributed by atoms with van der Waals surface area (Å²) in [5.74, 6) is 0.184. The lowest BCUT2D eigenvalue weighted by Crippen LogP contribution is -2.16. The lowest BCUT2D eigenvalue weighted by Gasteiger charge is -2.22. The number of hydrogen-bond acceptors (Lipinski definition) is 6. The molecule has 0 saturated heterocycles. The molecular weight excluding hydrogens is 354 g/mol. The molecule has 0 saturated carbocycles. The third-order valence-corrected chi connectivity index (χ3v) is 6.57. The molecule has 1 aromatic carbocycles. The van der Waals surface area contributed by atoms with Gasteiger partial charge in [0.1, 0.15) is 10.8 Å². The molecule has 0 unspecified atom stereocenters. The van der Waals surface area contributed by atoms with Crippen molar-refractivity contribution < 1.29 is 23.2 Å². The van der Waals surface area contributed by atoms with Crippen LogP contribution in [0.25, 0.3) is 0 Å². The molecule has 0 N–H and O–H groups in total. The van der Waals surface area contributed by atoms with Crippen molar-refractivity contribution in [3.63, 3.8) is 0 Å². The minimum absolute atomic E-state index is 0.358. The summed E-state index contributed by atoms with van der Waals surface area (Å²) < 4.78 is 29.1. The number of thiol groups is 1. The molecule has 0 atom stereocenters. The van der Waals surface area contributed by atoms with E-state index < -0.39 is 15.9 Å². The van der Waals surface area contributed by atoms with Crippen molar-refractivity contribution in [1.82, 2.24) is 4.98 Å². The maximum atomic E-state index is 13.5. The number of aromatic nitrogens is 1. The Balaban J connectivity index is 2.34. The maximum Gasteiger partial charge on any atom is 0.337 e. The Kier molecular flexibility index (Phi) is 6.88. The highest BCUT2D eigenvalue weighted by Gasteiger charge is 2.22. The highest BCUT2D eigenvalue weighted by atomic mass is 32.2. The van der Waals surface area contributed by atoms with E-state index >= 15 is 0 Å². The van der Waals surface area contributed by atoms with Gasteiger partial charge in [-0.3, -0.25) is 4.21 Å². The van der Waals surface area contributed by atoms with E-state index in [1.807, 2.05) is 6.92 Å². The highest BCUT2D eigenvalue weighted by molar-refractivity contribution is 8.02. The van der Waals surface area contributed by atoms with Gasteiger partial charge in [0.2, 0.25) is 0 Å². The lowest BCUT2D eigenvalue weighted by atomic mass is 10.2. The Bertz CT molecular complexity index is 821. The summed E-state index contributed by atoms with van der Waals surface area (Å²) in [6.07, 6.45) is 4.00. The summed E-state index contributed by atoms with van der Waals surface area (Å²) in [6, 6.07) is 8.42. The SMILES string of the molecule is COCCCOc1ccnc([SH](C)(=O)c2cccc(C(=O)OC)c2)c1C. The standard InChI is InChI=1S/C19H25NO5S/c1-14-17(25-12-6-11-23-2)9-10-20-18(14)26(4,22)16-8-5-7-15(13-16)19(21)24-3/h5,7-10,13,26H,6,11-12H2,1-4H3. The fourth-order valence-corrected chi connectivity index (χ4v) is 4.66.